The van der Waals surface area contributed by atoms with Crippen molar-refractivity contribution in [1.82, 2.24) is 9.97 Å². The van der Waals surface area contributed by atoms with E-state index >= 15 is 0 Å². The van der Waals surface area contributed by atoms with Gasteiger partial charge in [-0.3, -0.25) is 0 Å². The first-order valence-corrected chi connectivity index (χ1v) is 8.33. The minimum Gasteiger partial charge on any atom is -0.378 e. The van der Waals surface area contributed by atoms with E-state index in [9.17, 15) is 0 Å². The van der Waals surface area contributed by atoms with Crippen LogP contribution in [0.5, 0.6) is 0 Å². The van der Waals surface area contributed by atoms with Crippen LogP contribution in [0.2, 0.25) is 0 Å². The van der Waals surface area contributed by atoms with Gasteiger partial charge < -0.3 is 15.4 Å². The van der Waals surface area contributed by atoms with Crippen molar-refractivity contribution in [1.29, 1.82) is 0 Å². The van der Waals surface area contributed by atoms with Crippen LogP contribution in [0.4, 0.5) is 11.6 Å². The standard InChI is InChI=1S/C16H26N4O/c1-2-8-17-14-11-15(20-16(19-14)12-5-6-12)18-9-7-13-4-3-10-21-13/h11-13H,2-10H2,1H3,(H2,17,18,19,20). The van der Waals surface area contributed by atoms with Crippen LogP contribution >= 0.6 is 0 Å². The molecule has 0 aromatic carbocycles. The summed E-state index contributed by atoms with van der Waals surface area (Å²) in [5.74, 6) is 3.47. The average molecular weight is 290 g/mol. The predicted octanol–water partition coefficient (Wildman–Crippen LogP) is 3.16. The molecular weight excluding hydrogens is 264 g/mol. The van der Waals surface area contributed by atoms with Crippen LogP contribution in [0.3, 0.4) is 0 Å². The topological polar surface area (TPSA) is 59.1 Å². The minimum absolute atomic E-state index is 0.430. The first-order valence-electron chi connectivity index (χ1n) is 8.33. The van der Waals surface area contributed by atoms with Gasteiger partial charge in [-0.1, -0.05) is 6.92 Å². The molecule has 3 rings (SSSR count). The number of anilines is 2. The smallest absolute Gasteiger partial charge is 0.136 e. The SMILES string of the molecule is CCCNc1cc(NCCC2CCCO2)nc(C2CC2)n1. The predicted molar refractivity (Wildman–Crippen MR) is 84.9 cm³/mol. The summed E-state index contributed by atoms with van der Waals surface area (Å²) >= 11 is 0. The van der Waals surface area contributed by atoms with E-state index < -0.39 is 0 Å². The fourth-order valence-electron chi connectivity index (χ4n) is 2.66. The summed E-state index contributed by atoms with van der Waals surface area (Å²) in [7, 11) is 0. The Morgan fingerprint density at radius 1 is 1.14 bits per heavy atom. The lowest BCUT2D eigenvalue weighted by Gasteiger charge is -2.13. The third kappa shape index (κ3) is 4.30. The van der Waals surface area contributed by atoms with Crippen molar-refractivity contribution < 1.29 is 4.74 Å². The highest BCUT2D eigenvalue weighted by Crippen LogP contribution is 2.38. The zero-order valence-corrected chi connectivity index (χ0v) is 12.9. The Morgan fingerprint density at radius 2 is 1.90 bits per heavy atom. The van der Waals surface area contributed by atoms with Crippen molar-refractivity contribution in [2.24, 2.45) is 0 Å². The van der Waals surface area contributed by atoms with Crippen LogP contribution in [0.1, 0.15) is 57.2 Å². The van der Waals surface area contributed by atoms with Crippen LogP contribution in [0.25, 0.3) is 0 Å². The van der Waals surface area contributed by atoms with Gasteiger partial charge in [0.05, 0.1) is 6.10 Å². The van der Waals surface area contributed by atoms with Crippen LogP contribution in [-0.4, -0.2) is 35.8 Å². The van der Waals surface area contributed by atoms with Crippen LogP contribution in [-0.2, 0) is 4.74 Å². The maximum Gasteiger partial charge on any atom is 0.136 e. The Labute approximate surface area is 126 Å². The minimum atomic E-state index is 0.430. The van der Waals surface area contributed by atoms with Crippen LogP contribution < -0.4 is 10.6 Å². The second-order valence-corrected chi connectivity index (χ2v) is 6.05. The number of nitrogens with one attached hydrogen (secondary N) is 2. The Morgan fingerprint density at radius 3 is 2.52 bits per heavy atom. The van der Waals surface area contributed by atoms with Gasteiger partial charge >= 0.3 is 0 Å². The number of rotatable bonds is 8. The molecule has 1 unspecified atom stereocenters. The van der Waals surface area contributed by atoms with Crippen molar-refractivity contribution in [3.63, 3.8) is 0 Å². The van der Waals surface area contributed by atoms with Crippen LogP contribution in [0.15, 0.2) is 6.07 Å². The largest absolute Gasteiger partial charge is 0.378 e. The van der Waals surface area contributed by atoms with E-state index in [1.807, 2.05) is 6.07 Å². The van der Waals surface area contributed by atoms with Crippen LogP contribution in [0, 0.1) is 0 Å². The highest BCUT2D eigenvalue weighted by atomic mass is 16.5. The van der Waals surface area contributed by atoms with Crippen molar-refractivity contribution in [2.45, 2.75) is 57.5 Å². The molecule has 1 saturated heterocycles. The van der Waals surface area contributed by atoms with E-state index in [2.05, 4.69) is 27.5 Å². The fraction of sp³-hybridized carbons (Fsp3) is 0.750. The normalized spacial score (nSPS) is 21.5. The lowest BCUT2D eigenvalue weighted by Crippen LogP contribution is -2.14. The summed E-state index contributed by atoms with van der Waals surface area (Å²) in [6.07, 6.45) is 7.45. The fourth-order valence-corrected chi connectivity index (χ4v) is 2.66. The number of ether oxygens (including phenoxy) is 1. The van der Waals surface area contributed by atoms with Gasteiger partial charge in [0.15, 0.2) is 0 Å². The van der Waals surface area contributed by atoms with E-state index in [0.29, 0.717) is 12.0 Å². The molecule has 0 bridgehead atoms. The lowest BCUT2D eigenvalue weighted by molar-refractivity contribution is 0.107. The highest BCUT2D eigenvalue weighted by molar-refractivity contribution is 5.48. The molecule has 0 amide bonds. The Hall–Kier alpha value is -1.36. The third-order valence-electron chi connectivity index (χ3n) is 4.04. The molecule has 0 spiro atoms. The van der Waals surface area contributed by atoms with E-state index in [1.165, 1.54) is 25.7 Å². The number of hydrogen-bond donors (Lipinski definition) is 2. The van der Waals surface area contributed by atoms with Crippen molar-refractivity contribution in [3.05, 3.63) is 11.9 Å². The van der Waals surface area contributed by atoms with E-state index in [-0.39, 0.29) is 0 Å². The van der Waals surface area contributed by atoms with E-state index in [0.717, 1.165) is 50.0 Å². The zero-order valence-electron chi connectivity index (χ0n) is 12.9. The van der Waals surface area contributed by atoms with Gasteiger partial charge in [0, 0.05) is 31.7 Å². The van der Waals surface area contributed by atoms with Gasteiger partial charge in [-0.15, -0.1) is 0 Å². The molecule has 5 heteroatoms. The Balaban J connectivity index is 1.57. The molecule has 5 nitrogen and oxygen atoms in total. The molecule has 1 saturated carbocycles. The quantitative estimate of drug-likeness (QED) is 0.770. The first kappa shape index (κ1) is 14.6. The van der Waals surface area contributed by atoms with Gasteiger partial charge in [-0.25, -0.2) is 9.97 Å². The van der Waals surface area contributed by atoms with E-state index in [4.69, 9.17) is 4.74 Å². The molecular formula is C16H26N4O. The highest BCUT2D eigenvalue weighted by Gasteiger charge is 2.27. The lowest BCUT2D eigenvalue weighted by atomic mass is 10.2. The molecule has 1 aliphatic carbocycles. The van der Waals surface area contributed by atoms with E-state index in [1.54, 1.807) is 0 Å². The summed E-state index contributed by atoms with van der Waals surface area (Å²) in [6, 6.07) is 2.02. The monoisotopic (exact) mass is 290 g/mol. The first-order chi connectivity index (χ1) is 10.3. The molecule has 2 fully saturated rings. The zero-order chi connectivity index (χ0) is 14.5. The molecule has 116 valence electrons. The molecule has 2 N–H and O–H groups in total. The van der Waals surface area contributed by atoms with Crippen molar-refractivity contribution >= 4 is 11.6 Å². The third-order valence-corrected chi connectivity index (χ3v) is 4.04. The van der Waals surface area contributed by atoms with Gasteiger partial charge in [-0.05, 0) is 38.5 Å². The van der Waals surface area contributed by atoms with Gasteiger partial charge in [-0.2, -0.15) is 0 Å². The molecule has 2 aliphatic rings. The molecule has 0 radical (unpaired) electrons. The maximum absolute atomic E-state index is 5.65. The van der Waals surface area contributed by atoms with Crippen molar-refractivity contribution in [2.75, 3.05) is 30.3 Å². The number of nitrogens with zero attached hydrogens (tertiary/aromatic N) is 2. The number of aromatic nitrogens is 2. The number of hydrogen-bond acceptors (Lipinski definition) is 5. The average Bonchev–Trinajstić information content (AvgIpc) is 3.23. The summed E-state index contributed by atoms with van der Waals surface area (Å²) in [5.41, 5.74) is 0. The molecule has 1 aliphatic heterocycles. The summed E-state index contributed by atoms with van der Waals surface area (Å²) in [5, 5.41) is 6.81. The molecule has 21 heavy (non-hydrogen) atoms. The Kier molecular flexibility index (Phi) is 4.91. The summed E-state index contributed by atoms with van der Waals surface area (Å²) < 4.78 is 5.65. The van der Waals surface area contributed by atoms with Crippen molar-refractivity contribution in [3.8, 4) is 0 Å². The summed E-state index contributed by atoms with van der Waals surface area (Å²) in [6.45, 7) is 4.96. The second kappa shape index (κ2) is 7.07. The van der Waals surface area contributed by atoms with Gasteiger partial charge in [0.2, 0.25) is 0 Å². The maximum atomic E-state index is 5.65. The molecule has 2 heterocycles. The van der Waals surface area contributed by atoms with Gasteiger partial charge in [0.1, 0.15) is 17.5 Å². The summed E-state index contributed by atoms with van der Waals surface area (Å²) in [4.78, 5) is 9.30. The second-order valence-electron chi connectivity index (χ2n) is 6.05. The molecule has 1 atom stereocenters. The molecule has 1 aromatic heterocycles. The van der Waals surface area contributed by atoms with Gasteiger partial charge in [0.25, 0.3) is 0 Å². The Bertz CT molecular complexity index is 456. The molecule has 1 aromatic rings.